The molecule has 0 saturated heterocycles. The van der Waals surface area contributed by atoms with Crippen molar-refractivity contribution in [3.63, 3.8) is 0 Å². The van der Waals surface area contributed by atoms with E-state index in [9.17, 15) is 13.5 Å². The number of aromatic nitrogens is 3. The predicted octanol–water partition coefficient (Wildman–Crippen LogP) is 1.93. The number of hydrogen-bond acceptors (Lipinski definition) is 6. The molecular formula is C17H25N3O4S. The SMILES string of the molecule is Cc1cccc(C)c1OCC(O)CS(=O)(=O)c1n[nH]c(C(C)(C)C)n1. The fourth-order valence-electron chi connectivity index (χ4n) is 2.30. The molecule has 7 nitrogen and oxygen atoms in total. The second kappa shape index (κ2) is 7.13. The van der Waals surface area contributed by atoms with E-state index in [4.69, 9.17) is 4.74 Å². The quantitative estimate of drug-likeness (QED) is 0.808. The minimum atomic E-state index is -3.81. The summed E-state index contributed by atoms with van der Waals surface area (Å²) >= 11 is 0. The topological polar surface area (TPSA) is 105 Å². The third-order valence-electron chi connectivity index (χ3n) is 3.69. The number of rotatable bonds is 6. The lowest BCUT2D eigenvalue weighted by Crippen LogP contribution is -2.28. The maximum atomic E-state index is 12.4. The highest BCUT2D eigenvalue weighted by Crippen LogP contribution is 2.23. The Balaban J connectivity index is 2.04. The van der Waals surface area contributed by atoms with Gasteiger partial charge in [-0.1, -0.05) is 39.0 Å². The van der Waals surface area contributed by atoms with Crippen molar-refractivity contribution in [1.82, 2.24) is 15.2 Å². The maximum absolute atomic E-state index is 12.4. The summed E-state index contributed by atoms with van der Waals surface area (Å²) in [6, 6.07) is 5.70. The predicted molar refractivity (Wildman–Crippen MR) is 94.6 cm³/mol. The summed E-state index contributed by atoms with van der Waals surface area (Å²) in [5.41, 5.74) is 1.52. The minimum Gasteiger partial charge on any atom is -0.490 e. The van der Waals surface area contributed by atoms with Gasteiger partial charge >= 0.3 is 0 Å². The molecule has 0 aliphatic heterocycles. The van der Waals surface area contributed by atoms with Crippen molar-refractivity contribution >= 4 is 9.84 Å². The van der Waals surface area contributed by atoms with E-state index in [0.717, 1.165) is 11.1 Å². The number of nitrogens with zero attached hydrogens (tertiary/aromatic N) is 2. The van der Waals surface area contributed by atoms with E-state index in [-0.39, 0.29) is 17.2 Å². The Bertz CT molecular complexity index is 818. The van der Waals surface area contributed by atoms with Crippen LogP contribution in [0.4, 0.5) is 0 Å². The van der Waals surface area contributed by atoms with Gasteiger partial charge in [-0.3, -0.25) is 5.10 Å². The number of H-pyrrole nitrogens is 1. The normalized spacial score (nSPS) is 13.7. The van der Waals surface area contributed by atoms with Crippen LogP contribution < -0.4 is 4.74 Å². The molecule has 0 radical (unpaired) electrons. The van der Waals surface area contributed by atoms with Crippen LogP contribution in [-0.4, -0.2) is 47.2 Å². The van der Waals surface area contributed by atoms with E-state index >= 15 is 0 Å². The van der Waals surface area contributed by atoms with Crippen molar-refractivity contribution in [2.75, 3.05) is 12.4 Å². The Labute approximate surface area is 148 Å². The molecule has 0 aliphatic rings. The molecular weight excluding hydrogens is 342 g/mol. The summed E-state index contributed by atoms with van der Waals surface area (Å²) < 4.78 is 30.3. The van der Waals surface area contributed by atoms with Gasteiger partial charge in [0.05, 0.1) is 5.75 Å². The highest BCUT2D eigenvalue weighted by Gasteiger charge is 2.27. The fourth-order valence-corrected chi connectivity index (χ4v) is 3.47. The van der Waals surface area contributed by atoms with Gasteiger partial charge in [0.25, 0.3) is 5.16 Å². The molecule has 2 N–H and O–H groups in total. The second-order valence-corrected chi connectivity index (χ2v) is 9.11. The number of sulfone groups is 1. The zero-order valence-electron chi connectivity index (χ0n) is 15.2. The van der Waals surface area contributed by atoms with E-state index in [1.165, 1.54) is 0 Å². The molecule has 1 aromatic heterocycles. The number of aromatic amines is 1. The van der Waals surface area contributed by atoms with Gasteiger partial charge in [-0.25, -0.2) is 13.4 Å². The lowest BCUT2D eigenvalue weighted by molar-refractivity contribution is 0.124. The Morgan fingerprint density at radius 3 is 2.36 bits per heavy atom. The van der Waals surface area contributed by atoms with Crippen molar-refractivity contribution < 1.29 is 18.3 Å². The highest BCUT2D eigenvalue weighted by molar-refractivity contribution is 7.91. The van der Waals surface area contributed by atoms with Crippen molar-refractivity contribution in [1.29, 1.82) is 0 Å². The summed E-state index contributed by atoms with van der Waals surface area (Å²) in [5.74, 6) is 0.638. The molecule has 0 amide bonds. The zero-order valence-corrected chi connectivity index (χ0v) is 16.0. The molecule has 1 unspecified atom stereocenters. The van der Waals surface area contributed by atoms with Crippen LogP contribution in [0.3, 0.4) is 0 Å². The first-order valence-corrected chi connectivity index (χ1v) is 9.68. The fraction of sp³-hybridized carbons (Fsp3) is 0.529. The van der Waals surface area contributed by atoms with Gasteiger partial charge < -0.3 is 9.84 Å². The van der Waals surface area contributed by atoms with Crippen LogP contribution in [0.1, 0.15) is 37.7 Å². The van der Waals surface area contributed by atoms with Crippen LogP contribution in [0, 0.1) is 13.8 Å². The molecule has 0 spiro atoms. The number of ether oxygens (including phenoxy) is 1. The van der Waals surface area contributed by atoms with Crippen molar-refractivity contribution in [2.45, 2.75) is 51.3 Å². The first-order chi connectivity index (χ1) is 11.5. The average molecular weight is 367 g/mol. The molecule has 0 aliphatic carbocycles. The third-order valence-corrected chi connectivity index (χ3v) is 5.26. The number of para-hydroxylation sites is 1. The van der Waals surface area contributed by atoms with E-state index in [1.54, 1.807) is 0 Å². The number of nitrogens with one attached hydrogen (secondary N) is 1. The summed E-state index contributed by atoms with van der Waals surface area (Å²) in [7, 11) is -3.81. The van der Waals surface area contributed by atoms with Gasteiger partial charge in [-0.15, -0.1) is 5.10 Å². The van der Waals surface area contributed by atoms with Crippen LogP contribution >= 0.6 is 0 Å². The molecule has 0 bridgehead atoms. The van der Waals surface area contributed by atoms with E-state index in [2.05, 4.69) is 15.2 Å². The lowest BCUT2D eigenvalue weighted by atomic mass is 9.96. The number of aliphatic hydroxyl groups is 1. The van der Waals surface area contributed by atoms with Crippen LogP contribution in [0.5, 0.6) is 5.75 Å². The van der Waals surface area contributed by atoms with Crippen molar-refractivity contribution in [2.24, 2.45) is 0 Å². The molecule has 1 atom stereocenters. The number of benzene rings is 1. The summed E-state index contributed by atoms with van der Waals surface area (Å²) in [5, 5.41) is 16.2. The van der Waals surface area contributed by atoms with E-state index in [0.29, 0.717) is 11.6 Å². The molecule has 1 heterocycles. The average Bonchev–Trinajstić information content (AvgIpc) is 2.97. The molecule has 138 valence electrons. The van der Waals surface area contributed by atoms with Crippen LogP contribution in [0.2, 0.25) is 0 Å². The molecule has 1 aromatic carbocycles. The standard InChI is InChI=1S/C17H25N3O4S/c1-11-7-6-8-12(2)14(11)24-9-13(21)10-25(22,23)16-18-15(19-20-16)17(3,4)5/h6-8,13,21H,9-10H2,1-5H3,(H,18,19,20). The Kier molecular flexibility index (Phi) is 5.53. The summed E-state index contributed by atoms with van der Waals surface area (Å²) in [6.07, 6.45) is -1.18. The van der Waals surface area contributed by atoms with Gasteiger partial charge in [0.2, 0.25) is 9.84 Å². The van der Waals surface area contributed by atoms with Crippen LogP contribution in [0.15, 0.2) is 23.4 Å². The Morgan fingerprint density at radius 2 is 1.84 bits per heavy atom. The highest BCUT2D eigenvalue weighted by atomic mass is 32.2. The molecule has 2 aromatic rings. The van der Waals surface area contributed by atoms with Crippen LogP contribution in [-0.2, 0) is 15.3 Å². The Hall–Kier alpha value is -1.93. The molecule has 25 heavy (non-hydrogen) atoms. The number of hydrogen-bond donors (Lipinski definition) is 2. The number of aliphatic hydroxyl groups excluding tert-OH is 1. The van der Waals surface area contributed by atoms with Gasteiger partial charge in [0.15, 0.2) is 0 Å². The molecule has 8 heteroatoms. The third kappa shape index (κ3) is 4.79. The maximum Gasteiger partial charge on any atom is 0.266 e. The van der Waals surface area contributed by atoms with Gasteiger partial charge in [0, 0.05) is 5.41 Å². The first-order valence-electron chi connectivity index (χ1n) is 8.03. The van der Waals surface area contributed by atoms with E-state index in [1.807, 2.05) is 52.8 Å². The van der Waals surface area contributed by atoms with Crippen molar-refractivity contribution in [3.05, 3.63) is 35.2 Å². The summed E-state index contributed by atoms with van der Waals surface area (Å²) in [6.45, 7) is 9.37. The number of aryl methyl sites for hydroxylation is 2. The van der Waals surface area contributed by atoms with Gasteiger partial charge in [0.1, 0.15) is 24.3 Å². The van der Waals surface area contributed by atoms with Gasteiger partial charge in [-0.05, 0) is 25.0 Å². The van der Waals surface area contributed by atoms with Crippen molar-refractivity contribution in [3.8, 4) is 5.75 Å². The largest absolute Gasteiger partial charge is 0.490 e. The molecule has 2 rings (SSSR count). The zero-order chi connectivity index (χ0) is 18.8. The monoisotopic (exact) mass is 367 g/mol. The molecule has 0 fully saturated rings. The smallest absolute Gasteiger partial charge is 0.266 e. The van der Waals surface area contributed by atoms with Gasteiger partial charge in [-0.2, -0.15) is 0 Å². The van der Waals surface area contributed by atoms with E-state index < -0.39 is 21.7 Å². The first kappa shape index (κ1) is 19.4. The van der Waals surface area contributed by atoms with Crippen LogP contribution in [0.25, 0.3) is 0 Å². The molecule has 0 saturated carbocycles. The second-order valence-electron chi connectivity index (χ2n) is 7.18. The minimum absolute atomic E-state index is 0.124. The Morgan fingerprint density at radius 1 is 1.24 bits per heavy atom. The lowest BCUT2D eigenvalue weighted by Gasteiger charge is -2.15. The summed E-state index contributed by atoms with van der Waals surface area (Å²) in [4.78, 5) is 4.05.